The molecule has 0 saturated carbocycles. The van der Waals surface area contributed by atoms with Gasteiger partial charge in [0.25, 0.3) is 0 Å². The Kier molecular flexibility index (Phi) is 3.46. The number of hydrogen-bond donors (Lipinski definition) is 1. The van der Waals surface area contributed by atoms with Crippen molar-refractivity contribution in [2.75, 3.05) is 7.11 Å². The third kappa shape index (κ3) is 2.40. The van der Waals surface area contributed by atoms with Gasteiger partial charge in [0.2, 0.25) is 0 Å². The summed E-state index contributed by atoms with van der Waals surface area (Å²) in [6.45, 7) is 0. The van der Waals surface area contributed by atoms with Gasteiger partial charge in [-0.25, -0.2) is 13.6 Å². The number of carboxylic acids is 1. The molecule has 0 amide bonds. The van der Waals surface area contributed by atoms with Crippen molar-refractivity contribution in [3.05, 3.63) is 53.6 Å². The van der Waals surface area contributed by atoms with E-state index in [1.54, 1.807) is 0 Å². The molecule has 0 aliphatic rings. The zero-order valence-electron chi connectivity index (χ0n) is 9.98. The first-order valence-electron chi connectivity index (χ1n) is 5.40. The van der Waals surface area contributed by atoms with E-state index in [4.69, 9.17) is 9.84 Å². The molecule has 2 aromatic rings. The summed E-state index contributed by atoms with van der Waals surface area (Å²) in [5.74, 6) is -2.64. The molecule has 0 aromatic heterocycles. The molecule has 2 aromatic carbocycles. The fourth-order valence-corrected chi connectivity index (χ4v) is 1.80. The minimum absolute atomic E-state index is 0.0174. The standard InChI is InChI=1S/C14H10F2O3/c1-19-8-5-6-11(15)10(7-8)9-3-2-4-12(16)13(9)14(17)18/h2-7H,1H3,(H,17,18). The highest BCUT2D eigenvalue weighted by atomic mass is 19.1. The lowest BCUT2D eigenvalue weighted by atomic mass is 9.98. The SMILES string of the molecule is COc1ccc(F)c(-c2cccc(F)c2C(=O)O)c1. The van der Waals surface area contributed by atoms with Crippen molar-refractivity contribution in [2.45, 2.75) is 0 Å². The van der Waals surface area contributed by atoms with E-state index in [9.17, 15) is 13.6 Å². The molecular weight excluding hydrogens is 254 g/mol. The molecule has 1 N–H and O–H groups in total. The van der Waals surface area contributed by atoms with Gasteiger partial charge in [0.15, 0.2) is 0 Å². The zero-order chi connectivity index (χ0) is 14.0. The number of carbonyl (C=O) groups is 1. The average molecular weight is 264 g/mol. The van der Waals surface area contributed by atoms with Crippen molar-refractivity contribution < 1.29 is 23.4 Å². The lowest BCUT2D eigenvalue weighted by Gasteiger charge is -2.10. The van der Waals surface area contributed by atoms with Gasteiger partial charge >= 0.3 is 5.97 Å². The van der Waals surface area contributed by atoms with Crippen LogP contribution in [-0.2, 0) is 0 Å². The summed E-state index contributed by atoms with van der Waals surface area (Å²) in [6.07, 6.45) is 0. The highest BCUT2D eigenvalue weighted by molar-refractivity contribution is 5.96. The van der Waals surface area contributed by atoms with Crippen LogP contribution in [-0.4, -0.2) is 18.2 Å². The molecule has 98 valence electrons. The lowest BCUT2D eigenvalue weighted by molar-refractivity contribution is 0.0693. The van der Waals surface area contributed by atoms with Crippen LogP contribution in [0.25, 0.3) is 11.1 Å². The molecule has 5 heteroatoms. The molecule has 2 rings (SSSR count). The topological polar surface area (TPSA) is 46.5 Å². The van der Waals surface area contributed by atoms with E-state index in [0.717, 1.165) is 12.1 Å². The lowest BCUT2D eigenvalue weighted by Crippen LogP contribution is -2.04. The molecule has 0 spiro atoms. The van der Waals surface area contributed by atoms with Gasteiger partial charge in [-0.2, -0.15) is 0 Å². The molecule has 0 unspecified atom stereocenters. The summed E-state index contributed by atoms with van der Waals surface area (Å²) in [5.41, 5.74) is -0.602. The van der Waals surface area contributed by atoms with Gasteiger partial charge < -0.3 is 9.84 Å². The number of benzene rings is 2. The van der Waals surface area contributed by atoms with Crippen molar-refractivity contribution in [3.63, 3.8) is 0 Å². The number of methoxy groups -OCH3 is 1. The summed E-state index contributed by atoms with van der Waals surface area (Å²) in [4.78, 5) is 11.1. The molecular formula is C14H10F2O3. The van der Waals surface area contributed by atoms with E-state index in [2.05, 4.69) is 0 Å². The van der Waals surface area contributed by atoms with Crippen LogP contribution in [0.3, 0.4) is 0 Å². The Hall–Kier alpha value is -2.43. The van der Waals surface area contributed by atoms with Crippen LogP contribution in [0.4, 0.5) is 8.78 Å². The molecule has 0 saturated heterocycles. The van der Waals surface area contributed by atoms with Gasteiger partial charge in [-0.05, 0) is 24.3 Å². The summed E-state index contributed by atoms with van der Waals surface area (Å²) >= 11 is 0. The number of hydrogen-bond acceptors (Lipinski definition) is 2. The first-order chi connectivity index (χ1) is 9.04. The Morgan fingerprint density at radius 2 is 1.84 bits per heavy atom. The predicted octanol–water partition coefficient (Wildman–Crippen LogP) is 3.34. The number of rotatable bonds is 3. The Bertz CT molecular complexity index is 639. The predicted molar refractivity (Wildman–Crippen MR) is 65.3 cm³/mol. The molecule has 3 nitrogen and oxygen atoms in total. The smallest absolute Gasteiger partial charge is 0.339 e. The first-order valence-corrected chi connectivity index (χ1v) is 5.40. The van der Waals surface area contributed by atoms with Gasteiger partial charge in [0, 0.05) is 11.1 Å². The van der Waals surface area contributed by atoms with Crippen LogP contribution in [0.2, 0.25) is 0 Å². The zero-order valence-corrected chi connectivity index (χ0v) is 9.98. The van der Waals surface area contributed by atoms with Crippen LogP contribution in [0, 0.1) is 11.6 Å². The Labute approximate surface area is 108 Å². The van der Waals surface area contributed by atoms with Gasteiger partial charge in [-0.15, -0.1) is 0 Å². The highest BCUT2D eigenvalue weighted by Gasteiger charge is 2.19. The maximum atomic E-state index is 13.8. The molecule has 0 fully saturated rings. The summed E-state index contributed by atoms with van der Waals surface area (Å²) < 4.78 is 32.3. The largest absolute Gasteiger partial charge is 0.497 e. The normalized spacial score (nSPS) is 10.3. The second kappa shape index (κ2) is 5.06. The molecule has 0 aliphatic heterocycles. The van der Waals surface area contributed by atoms with E-state index in [1.807, 2.05) is 0 Å². The van der Waals surface area contributed by atoms with Crippen molar-refractivity contribution >= 4 is 5.97 Å². The monoisotopic (exact) mass is 264 g/mol. The van der Waals surface area contributed by atoms with Gasteiger partial charge in [-0.3, -0.25) is 0 Å². The maximum Gasteiger partial charge on any atom is 0.339 e. The summed E-state index contributed by atoms with van der Waals surface area (Å²) in [7, 11) is 1.40. The Morgan fingerprint density at radius 3 is 2.47 bits per heavy atom. The number of halogens is 2. The Morgan fingerprint density at radius 1 is 1.11 bits per heavy atom. The van der Waals surface area contributed by atoms with Gasteiger partial charge in [0.05, 0.1) is 7.11 Å². The quantitative estimate of drug-likeness (QED) is 0.924. The Balaban J connectivity index is 2.72. The second-order valence-electron chi connectivity index (χ2n) is 3.81. The summed E-state index contributed by atoms with van der Waals surface area (Å²) in [5, 5.41) is 9.03. The first kappa shape index (κ1) is 13.0. The summed E-state index contributed by atoms with van der Waals surface area (Å²) in [6, 6.07) is 7.57. The minimum atomic E-state index is -1.45. The van der Waals surface area contributed by atoms with E-state index in [-0.39, 0.29) is 11.1 Å². The molecule has 0 aliphatic carbocycles. The van der Waals surface area contributed by atoms with Crippen LogP contribution in [0.15, 0.2) is 36.4 Å². The second-order valence-corrected chi connectivity index (χ2v) is 3.81. The minimum Gasteiger partial charge on any atom is -0.497 e. The van der Waals surface area contributed by atoms with Crippen LogP contribution in [0.1, 0.15) is 10.4 Å². The van der Waals surface area contributed by atoms with Gasteiger partial charge in [-0.1, -0.05) is 12.1 Å². The molecule has 0 heterocycles. The van der Waals surface area contributed by atoms with Crippen molar-refractivity contribution in [1.29, 1.82) is 0 Å². The number of ether oxygens (including phenoxy) is 1. The van der Waals surface area contributed by atoms with Gasteiger partial charge in [0.1, 0.15) is 22.9 Å². The van der Waals surface area contributed by atoms with Crippen molar-refractivity contribution in [3.8, 4) is 16.9 Å². The van der Waals surface area contributed by atoms with E-state index >= 15 is 0 Å². The van der Waals surface area contributed by atoms with Crippen LogP contribution >= 0.6 is 0 Å². The van der Waals surface area contributed by atoms with Crippen molar-refractivity contribution in [1.82, 2.24) is 0 Å². The van der Waals surface area contributed by atoms with Crippen molar-refractivity contribution in [2.24, 2.45) is 0 Å². The van der Waals surface area contributed by atoms with E-state index in [1.165, 1.54) is 31.4 Å². The van der Waals surface area contributed by atoms with E-state index in [0.29, 0.717) is 5.75 Å². The van der Waals surface area contributed by atoms with Crippen LogP contribution < -0.4 is 4.74 Å². The fourth-order valence-electron chi connectivity index (χ4n) is 1.80. The highest BCUT2D eigenvalue weighted by Crippen LogP contribution is 2.30. The molecule has 0 atom stereocenters. The maximum absolute atomic E-state index is 13.8. The third-order valence-corrected chi connectivity index (χ3v) is 2.69. The van der Waals surface area contributed by atoms with E-state index < -0.39 is 23.2 Å². The van der Waals surface area contributed by atoms with Crippen LogP contribution in [0.5, 0.6) is 5.75 Å². The average Bonchev–Trinajstić information content (AvgIpc) is 2.38. The molecule has 19 heavy (non-hydrogen) atoms. The third-order valence-electron chi connectivity index (χ3n) is 2.69. The molecule has 0 bridgehead atoms. The number of carboxylic acid groups (broad SMARTS) is 1. The molecule has 0 radical (unpaired) electrons. The number of aromatic carboxylic acids is 1. The fraction of sp³-hybridized carbons (Fsp3) is 0.0714.